The fourth-order valence-electron chi connectivity index (χ4n) is 12.0. The smallest absolute Gasteiger partial charge is 0.135 e. The molecule has 0 fully saturated rings. The van der Waals surface area contributed by atoms with Gasteiger partial charge >= 0.3 is 0 Å². The van der Waals surface area contributed by atoms with Crippen molar-refractivity contribution < 1.29 is 4.42 Å². The maximum Gasteiger partial charge on any atom is 0.135 e. The van der Waals surface area contributed by atoms with E-state index in [9.17, 15) is 0 Å². The molecule has 0 aliphatic heterocycles. The Morgan fingerprint density at radius 1 is 0.407 bits per heavy atom. The summed E-state index contributed by atoms with van der Waals surface area (Å²) in [6.45, 7) is 9.67. The van der Waals surface area contributed by atoms with Crippen molar-refractivity contribution >= 4 is 84.2 Å². The normalized spacial score (nSPS) is 11.9. The summed E-state index contributed by atoms with van der Waals surface area (Å²) >= 11 is 0. The maximum atomic E-state index is 6.65. The van der Waals surface area contributed by atoms with Crippen LogP contribution in [0.25, 0.3) is 150 Å². The molecule has 0 aliphatic rings. The summed E-state index contributed by atoms with van der Waals surface area (Å²) < 4.78 is 11.4. The third kappa shape index (κ3) is 9.53. The molecular weight excluding hydrogens is 1050 g/mol. The Kier molecular flexibility index (Phi) is 13.9. The molecule has 0 saturated heterocycles. The lowest BCUT2D eigenvalue weighted by Crippen LogP contribution is -1.94. The van der Waals surface area contributed by atoms with Gasteiger partial charge in [0.05, 0.1) is 57.7 Å². The molecule has 0 saturated carbocycles. The monoisotopic (exact) mass is 1110 g/mol. The van der Waals surface area contributed by atoms with Crippen molar-refractivity contribution in [1.82, 2.24) is 29.1 Å². The van der Waals surface area contributed by atoms with E-state index >= 15 is 0 Å². The minimum absolute atomic E-state index is 0.743. The second kappa shape index (κ2) is 22.7. The molecule has 0 unspecified atom stereocenters. The molecule has 0 amide bonds. The van der Waals surface area contributed by atoms with Gasteiger partial charge in [-0.25, -0.2) is 0 Å². The third-order valence-electron chi connectivity index (χ3n) is 16.1. The molecule has 86 heavy (non-hydrogen) atoms. The number of benzene rings is 10. The highest BCUT2D eigenvalue weighted by molar-refractivity contribution is 6.15. The Hall–Kier alpha value is -11.4. The van der Waals surface area contributed by atoms with Gasteiger partial charge in [0.25, 0.3) is 0 Å². The molecule has 5 aromatic heterocycles. The van der Waals surface area contributed by atoms with Crippen molar-refractivity contribution in [3.05, 3.63) is 273 Å². The molecule has 9 nitrogen and oxygen atoms in total. The summed E-state index contributed by atoms with van der Waals surface area (Å²) in [5.41, 5.74) is 22.3. The molecule has 0 atom stereocenters. The summed E-state index contributed by atoms with van der Waals surface area (Å²) in [4.78, 5) is 26.8. The Morgan fingerprint density at radius 3 is 1.50 bits per heavy atom. The largest absolute Gasteiger partial charge is 0.456 e. The topological polar surface area (TPSA) is 99.3 Å². The van der Waals surface area contributed by atoms with E-state index in [0.717, 1.165) is 155 Å². The standard InChI is InChI=1S/C73H48N8O.C4H8/c1-3-77-66(43-74-2)57-18-9-7-16-55(57)50-23-29-71-62(41-50)60-37-47(46-12-11-13-52(36-46)65-44-75-32-34-78-65)20-27-70(60)81(71)54-25-31-73-64(42-54)63-39-49(24-30-72(63)82-73)48-21-26-68-59(38-48)61-40-51(22-28-69(61)80(68)53-14-5-4-6-15-53)56-17-8-10-19-58(56)67-45-76-33-35-79-67;1-3-4-2/h3-45H,2H2,1H3;3-4H,1-2H3/b66-43-,77-3?;4-3-. The van der Waals surface area contributed by atoms with Crippen LogP contribution in [0.5, 0.6) is 0 Å². The van der Waals surface area contributed by atoms with Crippen LogP contribution < -0.4 is 0 Å². The summed E-state index contributed by atoms with van der Waals surface area (Å²) in [6.07, 6.45) is 18.0. The molecule has 410 valence electrons. The summed E-state index contributed by atoms with van der Waals surface area (Å²) in [6, 6.07) is 76.3. The SMILES string of the molecule is C/C=C\C.C=N/C=C(\N=CC)c1ccccc1-c1ccc2c(c1)c1cc(-c3cccc(-c4cnccn4)c3)ccc1n2-c1ccc2oc3ccc(-c4ccc5c(c4)c4cc(-c6ccccc6-c6cnccn6)ccc4n5-c4ccccc4)cc3c2c1. The van der Waals surface area contributed by atoms with Crippen LogP contribution in [0.3, 0.4) is 0 Å². The zero-order chi connectivity index (χ0) is 58.1. The first-order valence-corrected chi connectivity index (χ1v) is 28.7. The van der Waals surface area contributed by atoms with Crippen LogP contribution >= 0.6 is 0 Å². The number of nitrogens with zero attached hydrogens (tertiary/aromatic N) is 8. The van der Waals surface area contributed by atoms with Crippen LogP contribution in [-0.4, -0.2) is 42.0 Å². The van der Waals surface area contributed by atoms with E-state index in [2.05, 4.69) is 247 Å². The van der Waals surface area contributed by atoms with Gasteiger partial charge in [-0.3, -0.25) is 29.9 Å². The van der Waals surface area contributed by atoms with Gasteiger partial charge in [-0.15, -0.1) is 0 Å². The number of furan rings is 1. The Morgan fingerprint density at radius 2 is 0.895 bits per heavy atom. The average molecular weight is 1110 g/mol. The lowest BCUT2D eigenvalue weighted by atomic mass is 9.96. The zero-order valence-corrected chi connectivity index (χ0v) is 47.7. The van der Waals surface area contributed by atoms with E-state index in [1.54, 1.807) is 43.4 Å². The zero-order valence-electron chi connectivity index (χ0n) is 47.7. The van der Waals surface area contributed by atoms with Crippen LogP contribution in [0.2, 0.25) is 0 Å². The molecule has 0 radical (unpaired) electrons. The first kappa shape index (κ1) is 52.6. The van der Waals surface area contributed by atoms with Gasteiger partial charge in [0.2, 0.25) is 0 Å². The predicted octanol–water partition coefficient (Wildman–Crippen LogP) is 20.0. The predicted molar refractivity (Wildman–Crippen MR) is 358 cm³/mol. The second-order valence-electron chi connectivity index (χ2n) is 21.0. The molecule has 10 aromatic carbocycles. The van der Waals surface area contributed by atoms with Gasteiger partial charge in [0.1, 0.15) is 11.2 Å². The minimum atomic E-state index is 0.743. The number of hydrogen-bond acceptors (Lipinski definition) is 7. The van der Waals surface area contributed by atoms with Crippen LogP contribution in [0.15, 0.2) is 282 Å². The number of allylic oxidation sites excluding steroid dienone is 2. The van der Waals surface area contributed by atoms with Crippen molar-refractivity contribution in [2.75, 3.05) is 0 Å². The highest BCUT2D eigenvalue weighted by Crippen LogP contribution is 2.43. The molecule has 5 heterocycles. The third-order valence-corrected chi connectivity index (χ3v) is 16.1. The van der Waals surface area contributed by atoms with Crippen molar-refractivity contribution in [2.45, 2.75) is 20.8 Å². The van der Waals surface area contributed by atoms with Gasteiger partial charge in [-0.05, 0) is 169 Å². The highest BCUT2D eigenvalue weighted by atomic mass is 16.3. The van der Waals surface area contributed by atoms with E-state index in [1.807, 2.05) is 45.2 Å². The van der Waals surface area contributed by atoms with Crippen LogP contribution in [0, 0.1) is 0 Å². The summed E-state index contributed by atoms with van der Waals surface area (Å²) in [5, 5.41) is 6.64. The van der Waals surface area contributed by atoms with Gasteiger partial charge in [0.15, 0.2) is 0 Å². The molecule has 0 aliphatic carbocycles. The minimum Gasteiger partial charge on any atom is -0.456 e. The second-order valence-corrected chi connectivity index (χ2v) is 21.0. The molecule has 9 heteroatoms. The number of para-hydroxylation sites is 1. The Labute approximate surface area is 497 Å². The number of fused-ring (bicyclic) bond motifs is 9. The molecule has 15 aromatic rings. The summed E-state index contributed by atoms with van der Waals surface area (Å²) in [7, 11) is 0. The molecule has 0 bridgehead atoms. The van der Waals surface area contributed by atoms with Crippen molar-refractivity contribution in [1.29, 1.82) is 0 Å². The lowest BCUT2D eigenvalue weighted by Gasteiger charge is -2.11. The molecular formula is C77H56N8O. The highest BCUT2D eigenvalue weighted by Gasteiger charge is 2.21. The Bertz CT molecular complexity index is 5160. The fraction of sp³-hybridized carbons (Fsp3) is 0.0390. The first-order chi connectivity index (χ1) is 42.5. The lowest BCUT2D eigenvalue weighted by molar-refractivity contribution is 0.669. The van der Waals surface area contributed by atoms with Crippen molar-refractivity contribution in [3.8, 4) is 78.4 Å². The van der Waals surface area contributed by atoms with E-state index < -0.39 is 0 Å². The van der Waals surface area contributed by atoms with Crippen LogP contribution in [0.1, 0.15) is 26.3 Å². The number of aromatic nitrogens is 6. The van der Waals surface area contributed by atoms with Crippen LogP contribution in [-0.2, 0) is 0 Å². The van der Waals surface area contributed by atoms with E-state index in [0.29, 0.717) is 0 Å². The van der Waals surface area contributed by atoms with E-state index in [-0.39, 0.29) is 0 Å². The number of hydrogen-bond donors (Lipinski definition) is 0. The van der Waals surface area contributed by atoms with Gasteiger partial charge < -0.3 is 13.6 Å². The Balaban J connectivity index is 0.00000159. The maximum absolute atomic E-state index is 6.65. The molecule has 15 rings (SSSR count). The van der Waals surface area contributed by atoms with Crippen molar-refractivity contribution in [2.24, 2.45) is 9.98 Å². The summed E-state index contributed by atoms with van der Waals surface area (Å²) in [5.74, 6) is 0. The van der Waals surface area contributed by atoms with Crippen LogP contribution in [0.4, 0.5) is 0 Å². The first-order valence-electron chi connectivity index (χ1n) is 28.7. The van der Waals surface area contributed by atoms with Gasteiger partial charge in [-0.2, -0.15) is 0 Å². The van der Waals surface area contributed by atoms with E-state index in [4.69, 9.17) is 9.41 Å². The quantitative estimate of drug-likeness (QED) is 0.0949. The number of rotatable bonds is 11. The average Bonchev–Trinajstić information content (AvgIpc) is 1.66. The molecule has 0 N–H and O–H groups in total. The van der Waals surface area contributed by atoms with E-state index in [1.165, 1.54) is 0 Å². The van der Waals surface area contributed by atoms with Gasteiger partial charge in [-0.1, -0.05) is 127 Å². The fourth-order valence-corrected chi connectivity index (χ4v) is 12.0. The number of aliphatic imine (C=N–C) groups is 2. The van der Waals surface area contributed by atoms with Crippen molar-refractivity contribution in [3.63, 3.8) is 0 Å². The van der Waals surface area contributed by atoms with Gasteiger partial charge in [0, 0.05) is 91.4 Å². The molecule has 0 spiro atoms.